The highest BCUT2D eigenvalue weighted by molar-refractivity contribution is 5.69. The molecule has 27 heavy (non-hydrogen) atoms. The zero-order chi connectivity index (χ0) is 19.3. The summed E-state index contributed by atoms with van der Waals surface area (Å²) in [5.74, 6) is 1.25. The lowest BCUT2D eigenvalue weighted by Gasteiger charge is -2.24. The van der Waals surface area contributed by atoms with Gasteiger partial charge in [0.25, 0.3) is 0 Å². The molecule has 0 heterocycles. The van der Waals surface area contributed by atoms with Gasteiger partial charge in [-0.1, -0.05) is 64.2 Å². The standard InChI is InChI=1S/C22H40O5/c1-25-22(15-13-19-10-6-3-7-11-19)27-17-20(23)16-26-21(24)14-12-18-8-4-2-5-9-18/h18-20,22-23H,2-17H2,1H3. The molecule has 0 bridgehead atoms. The molecule has 2 fully saturated rings. The number of aliphatic hydroxyl groups excluding tert-OH is 1. The van der Waals surface area contributed by atoms with E-state index in [1.807, 2.05) is 0 Å². The van der Waals surface area contributed by atoms with Crippen LogP contribution in [0.3, 0.4) is 0 Å². The average molecular weight is 385 g/mol. The van der Waals surface area contributed by atoms with Crippen LogP contribution in [-0.2, 0) is 19.0 Å². The van der Waals surface area contributed by atoms with Crippen molar-refractivity contribution in [1.29, 1.82) is 0 Å². The van der Waals surface area contributed by atoms with Crippen LogP contribution in [0.2, 0.25) is 0 Å². The number of carbonyl (C=O) groups is 1. The molecule has 0 amide bonds. The van der Waals surface area contributed by atoms with Gasteiger partial charge in [-0.15, -0.1) is 0 Å². The molecule has 2 aliphatic carbocycles. The molecule has 2 rings (SSSR count). The predicted molar refractivity (Wildman–Crippen MR) is 105 cm³/mol. The minimum absolute atomic E-state index is 0.00254. The molecular weight excluding hydrogens is 344 g/mol. The largest absolute Gasteiger partial charge is 0.463 e. The monoisotopic (exact) mass is 384 g/mol. The van der Waals surface area contributed by atoms with Crippen molar-refractivity contribution in [2.45, 2.75) is 102 Å². The zero-order valence-corrected chi connectivity index (χ0v) is 17.2. The fraction of sp³-hybridized carbons (Fsp3) is 0.955. The van der Waals surface area contributed by atoms with E-state index in [0.29, 0.717) is 12.3 Å². The van der Waals surface area contributed by atoms with Gasteiger partial charge in [0.1, 0.15) is 12.7 Å². The summed E-state index contributed by atoms with van der Waals surface area (Å²) < 4.78 is 16.3. The summed E-state index contributed by atoms with van der Waals surface area (Å²) in [7, 11) is 1.64. The molecule has 0 saturated heterocycles. The Bertz CT molecular complexity index is 388. The Morgan fingerprint density at radius 2 is 1.52 bits per heavy atom. The van der Waals surface area contributed by atoms with Gasteiger partial charge < -0.3 is 19.3 Å². The number of hydrogen-bond acceptors (Lipinski definition) is 5. The average Bonchev–Trinajstić information content (AvgIpc) is 2.72. The second-order valence-corrected chi connectivity index (χ2v) is 8.46. The Balaban J connectivity index is 1.51. The summed E-state index contributed by atoms with van der Waals surface area (Å²) in [4.78, 5) is 11.9. The summed E-state index contributed by atoms with van der Waals surface area (Å²) in [6.45, 7) is 0.141. The summed E-state index contributed by atoms with van der Waals surface area (Å²) in [5.41, 5.74) is 0. The number of ether oxygens (including phenoxy) is 3. The van der Waals surface area contributed by atoms with E-state index in [4.69, 9.17) is 14.2 Å². The van der Waals surface area contributed by atoms with Gasteiger partial charge in [-0.2, -0.15) is 0 Å². The molecule has 158 valence electrons. The van der Waals surface area contributed by atoms with E-state index in [1.165, 1.54) is 64.2 Å². The Kier molecular flexibility index (Phi) is 11.3. The fourth-order valence-corrected chi connectivity index (χ4v) is 4.44. The Morgan fingerprint density at radius 3 is 2.11 bits per heavy atom. The lowest BCUT2D eigenvalue weighted by molar-refractivity contribution is -0.161. The van der Waals surface area contributed by atoms with Crippen LogP contribution in [0.25, 0.3) is 0 Å². The number of methoxy groups -OCH3 is 1. The van der Waals surface area contributed by atoms with Crippen molar-refractivity contribution in [2.24, 2.45) is 11.8 Å². The maximum Gasteiger partial charge on any atom is 0.305 e. The van der Waals surface area contributed by atoms with E-state index in [2.05, 4.69) is 0 Å². The first-order chi connectivity index (χ1) is 13.2. The summed E-state index contributed by atoms with van der Waals surface area (Å²) in [6, 6.07) is 0. The first-order valence-corrected chi connectivity index (χ1v) is 11.2. The molecular formula is C22H40O5. The predicted octanol–water partition coefficient (Wildman–Crippen LogP) is 4.60. The normalized spacial score (nSPS) is 21.7. The van der Waals surface area contributed by atoms with Crippen molar-refractivity contribution < 1.29 is 24.1 Å². The van der Waals surface area contributed by atoms with Crippen molar-refractivity contribution in [1.82, 2.24) is 0 Å². The molecule has 2 aliphatic rings. The second kappa shape index (κ2) is 13.5. The van der Waals surface area contributed by atoms with E-state index in [-0.39, 0.29) is 25.5 Å². The number of hydrogen-bond donors (Lipinski definition) is 1. The van der Waals surface area contributed by atoms with Crippen LogP contribution in [0.5, 0.6) is 0 Å². The van der Waals surface area contributed by atoms with Gasteiger partial charge in [0.15, 0.2) is 6.29 Å². The number of carbonyl (C=O) groups excluding carboxylic acids is 1. The molecule has 0 aliphatic heterocycles. The third-order valence-corrected chi connectivity index (χ3v) is 6.19. The quantitative estimate of drug-likeness (QED) is 0.393. The van der Waals surface area contributed by atoms with Gasteiger partial charge >= 0.3 is 5.97 Å². The molecule has 0 aromatic heterocycles. The third kappa shape index (κ3) is 9.91. The van der Waals surface area contributed by atoms with Gasteiger partial charge in [-0.25, -0.2) is 0 Å². The molecule has 0 radical (unpaired) electrons. The summed E-state index contributed by atoms with van der Waals surface area (Å²) >= 11 is 0. The molecule has 5 nitrogen and oxygen atoms in total. The smallest absolute Gasteiger partial charge is 0.305 e. The summed E-state index contributed by atoms with van der Waals surface area (Å²) in [5, 5.41) is 10.0. The Hall–Kier alpha value is -0.650. The van der Waals surface area contributed by atoms with Crippen LogP contribution in [0.1, 0.15) is 89.9 Å². The van der Waals surface area contributed by atoms with Gasteiger partial charge in [0.2, 0.25) is 0 Å². The fourth-order valence-electron chi connectivity index (χ4n) is 4.44. The second-order valence-electron chi connectivity index (χ2n) is 8.46. The molecule has 0 aromatic carbocycles. The lowest BCUT2D eigenvalue weighted by Crippen LogP contribution is -2.28. The van der Waals surface area contributed by atoms with Crippen molar-refractivity contribution in [3.63, 3.8) is 0 Å². The molecule has 5 heteroatoms. The van der Waals surface area contributed by atoms with Crippen LogP contribution in [0, 0.1) is 11.8 Å². The highest BCUT2D eigenvalue weighted by Crippen LogP contribution is 2.28. The molecule has 0 spiro atoms. The minimum Gasteiger partial charge on any atom is -0.463 e. The Morgan fingerprint density at radius 1 is 0.926 bits per heavy atom. The number of aliphatic hydroxyl groups is 1. The van der Waals surface area contributed by atoms with Gasteiger partial charge in [-0.3, -0.25) is 4.79 Å². The van der Waals surface area contributed by atoms with E-state index in [1.54, 1.807) is 7.11 Å². The molecule has 2 saturated carbocycles. The summed E-state index contributed by atoms with van der Waals surface area (Å²) in [6.07, 6.45) is 15.3. The first-order valence-electron chi connectivity index (χ1n) is 11.2. The minimum atomic E-state index is -0.795. The van der Waals surface area contributed by atoms with Gasteiger partial charge in [0.05, 0.1) is 6.61 Å². The third-order valence-electron chi connectivity index (χ3n) is 6.19. The van der Waals surface area contributed by atoms with Crippen LogP contribution >= 0.6 is 0 Å². The Labute approximate surface area is 165 Å². The van der Waals surface area contributed by atoms with Crippen molar-refractivity contribution in [2.75, 3.05) is 20.3 Å². The first kappa shape index (κ1) is 22.6. The highest BCUT2D eigenvalue weighted by atomic mass is 16.7. The molecule has 0 aromatic rings. The van der Waals surface area contributed by atoms with Gasteiger partial charge in [-0.05, 0) is 31.1 Å². The number of rotatable bonds is 12. The topological polar surface area (TPSA) is 65.0 Å². The molecule has 2 unspecified atom stereocenters. The zero-order valence-electron chi connectivity index (χ0n) is 17.2. The van der Waals surface area contributed by atoms with E-state index in [0.717, 1.165) is 25.2 Å². The van der Waals surface area contributed by atoms with Crippen molar-refractivity contribution in [3.8, 4) is 0 Å². The SMILES string of the molecule is COC(CCC1CCCCC1)OCC(O)COC(=O)CCC1CCCCC1. The van der Waals surface area contributed by atoms with Crippen LogP contribution in [-0.4, -0.2) is 43.8 Å². The molecule has 2 atom stereocenters. The van der Waals surface area contributed by atoms with Crippen LogP contribution in [0.4, 0.5) is 0 Å². The van der Waals surface area contributed by atoms with E-state index < -0.39 is 6.10 Å². The number of esters is 1. The van der Waals surface area contributed by atoms with Gasteiger partial charge in [0, 0.05) is 13.5 Å². The lowest BCUT2D eigenvalue weighted by atomic mass is 9.86. The van der Waals surface area contributed by atoms with Crippen LogP contribution in [0.15, 0.2) is 0 Å². The van der Waals surface area contributed by atoms with Crippen molar-refractivity contribution in [3.05, 3.63) is 0 Å². The molecule has 1 N–H and O–H groups in total. The van der Waals surface area contributed by atoms with E-state index >= 15 is 0 Å². The van der Waals surface area contributed by atoms with E-state index in [9.17, 15) is 9.90 Å². The maximum absolute atomic E-state index is 11.9. The van der Waals surface area contributed by atoms with Crippen molar-refractivity contribution >= 4 is 5.97 Å². The van der Waals surface area contributed by atoms with Crippen LogP contribution < -0.4 is 0 Å². The highest BCUT2D eigenvalue weighted by Gasteiger charge is 2.19. The maximum atomic E-state index is 11.9.